The van der Waals surface area contributed by atoms with Crippen molar-refractivity contribution in [1.29, 1.82) is 0 Å². The zero-order valence-electron chi connectivity index (χ0n) is 15.0. The van der Waals surface area contributed by atoms with Gasteiger partial charge in [0.15, 0.2) is 0 Å². The minimum absolute atomic E-state index is 0.0943. The van der Waals surface area contributed by atoms with Gasteiger partial charge in [-0.1, -0.05) is 26.7 Å². The van der Waals surface area contributed by atoms with Crippen LogP contribution in [0.15, 0.2) is 0 Å². The Kier molecular flexibility index (Phi) is 4.78. The molecule has 2 unspecified atom stereocenters. The molecule has 2 rings (SSSR count). The van der Waals surface area contributed by atoms with Crippen LogP contribution in [0, 0.1) is 11.8 Å². The van der Waals surface area contributed by atoms with E-state index < -0.39 is 0 Å². The molecule has 2 fully saturated rings. The van der Waals surface area contributed by atoms with Crippen LogP contribution in [-0.4, -0.2) is 41.3 Å². The summed E-state index contributed by atoms with van der Waals surface area (Å²) >= 11 is 0. The summed E-state index contributed by atoms with van der Waals surface area (Å²) in [6, 6.07) is 0. The van der Waals surface area contributed by atoms with Gasteiger partial charge in [-0.2, -0.15) is 0 Å². The van der Waals surface area contributed by atoms with E-state index >= 15 is 0 Å². The second kappa shape index (κ2) is 5.82. The maximum Gasteiger partial charge on any atom is 0.0761 e. The molecule has 0 amide bonds. The molecular formula is C18H36N2O. The zero-order valence-corrected chi connectivity index (χ0v) is 15.0. The van der Waals surface area contributed by atoms with E-state index in [0.29, 0.717) is 11.8 Å². The Balaban J connectivity index is 2.33. The molecule has 2 N–H and O–H groups in total. The third-order valence-electron chi connectivity index (χ3n) is 5.55. The van der Waals surface area contributed by atoms with Gasteiger partial charge in [0.05, 0.1) is 11.2 Å². The molecule has 3 nitrogen and oxygen atoms in total. The molecular weight excluding hydrogens is 260 g/mol. The monoisotopic (exact) mass is 296 g/mol. The van der Waals surface area contributed by atoms with Crippen molar-refractivity contribution in [2.75, 3.05) is 19.6 Å². The SMILES string of the molecule is CC(C)C1CCCCC1(CN)N1CC(C)(C)OC(C)(C)C1. The van der Waals surface area contributed by atoms with E-state index in [1.807, 2.05) is 0 Å². The first-order valence-electron chi connectivity index (χ1n) is 8.77. The van der Waals surface area contributed by atoms with Crippen molar-refractivity contribution in [2.45, 2.75) is 84.0 Å². The van der Waals surface area contributed by atoms with E-state index in [1.54, 1.807) is 0 Å². The number of morpholine rings is 1. The summed E-state index contributed by atoms with van der Waals surface area (Å²) in [6.07, 6.45) is 5.26. The third-order valence-corrected chi connectivity index (χ3v) is 5.55. The van der Waals surface area contributed by atoms with Gasteiger partial charge < -0.3 is 10.5 Å². The van der Waals surface area contributed by atoms with Crippen LogP contribution in [0.1, 0.15) is 67.2 Å². The normalized spacial score (nSPS) is 36.9. The fraction of sp³-hybridized carbons (Fsp3) is 1.00. The summed E-state index contributed by atoms with van der Waals surface area (Å²) in [5, 5.41) is 0. The first-order chi connectivity index (χ1) is 9.62. The van der Waals surface area contributed by atoms with Gasteiger partial charge in [-0.15, -0.1) is 0 Å². The van der Waals surface area contributed by atoms with E-state index in [1.165, 1.54) is 25.7 Å². The smallest absolute Gasteiger partial charge is 0.0761 e. The highest BCUT2D eigenvalue weighted by Crippen LogP contribution is 2.45. The molecule has 0 bridgehead atoms. The Bertz CT molecular complexity index is 348. The van der Waals surface area contributed by atoms with Gasteiger partial charge in [0.2, 0.25) is 0 Å². The summed E-state index contributed by atoms with van der Waals surface area (Å²) in [4.78, 5) is 2.69. The minimum Gasteiger partial charge on any atom is -0.367 e. The Labute approximate surface area is 131 Å². The molecule has 3 heteroatoms. The van der Waals surface area contributed by atoms with Crippen LogP contribution in [0.25, 0.3) is 0 Å². The maximum atomic E-state index is 6.39. The first-order valence-corrected chi connectivity index (χ1v) is 8.77. The molecule has 0 spiro atoms. The van der Waals surface area contributed by atoms with E-state index in [-0.39, 0.29) is 16.7 Å². The van der Waals surface area contributed by atoms with E-state index in [0.717, 1.165) is 19.6 Å². The van der Waals surface area contributed by atoms with Crippen LogP contribution in [-0.2, 0) is 4.74 Å². The number of hydrogen-bond acceptors (Lipinski definition) is 3. The standard InChI is InChI=1S/C18H36N2O/c1-14(2)15-9-7-8-10-18(15,11-19)20-12-16(3,4)21-17(5,6)13-20/h14-15H,7-13,19H2,1-6H3. The molecule has 0 aromatic carbocycles. The van der Waals surface area contributed by atoms with Crippen LogP contribution >= 0.6 is 0 Å². The van der Waals surface area contributed by atoms with Crippen LogP contribution in [0.2, 0.25) is 0 Å². The predicted molar refractivity (Wildman–Crippen MR) is 89.4 cm³/mol. The summed E-state index contributed by atoms with van der Waals surface area (Å²) in [7, 11) is 0. The largest absolute Gasteiger partial charge is 0.367 e. The quantitative estimate of drug-likeness (QED) is 0.867. The summed E-state index contributed by atoms with van der Waals surface area (Å²) in [5.74, 6) is 1.41. The second-order valence-corrected chi connectivity index (χ2v) is 8.88. The molecule has 124 valence electrons. The fourth-order valence-corrected chi connectivity index (χ4v) is 5.08. The molecule has 1 aliphatic carbocycles. The number of nitrogens with zero attached hydrogens (tertiary/aromatic N) is 1. The van der Waals surface area contributed by atoms with Gasteiger partial charge >= 0.3 is 0 Å². The van der Waals surface area contributed by atoms with Crippen molar-refractivity contribution in [3.63, 3.8) is 0 Å². The second-order valence-electron chi connectivity index (χ2n) is 8.88. The Morgan fingerprint density at radius 2 is 1.67 bits per heavy atom. The van der Waals surface area contributed by atoms with Gasteiger partial charge in [-0.05, 0) is 52.4 Å². The maximum absolute atomic E-state index is 6.39. The van der Waals surface area contributed by atoms with Gasteiger partial charge in [-0.3, -0.25) is 4.90 Å². The first kappa shape index (κ1) is 17.2. The van der Waals surface area contributed by atoms with Crippen molar-refractivity contribution in [3.8, 4) is 0 Å². The number of rotatable bonds is 3. The van der Waals surface area contributed by atoms with Crippen molar-refractivity contribution in [1.82, 2.24) is 4.90 Å². The molecule has 0 aromatic rings. The highest BCUT2D eigenvalue weighted by Gasteiger charge is 2.51. The molecule has 21 heavy (non-hydrogen) atoms. The van der Waals surface area contributed by atoms with Crippen LogP contribution in [0.4, 0.5) is 0 Å². The van der Waals surface area contributed by atoms with Crippen molar-refractivity contribution < 1.29 is 4.74 Å². The van der Waals surface area contributed by atoms with Gasteiger partial charge in [-0.25, -0.2) is 0 Å². The predicted octanol–water partition coefficient (Wildman–Crippen LogP) is 3.42. The zero-order chi connectivity index (χ0) is 15.9. The summed E-state index contributed by atoms with van der Waals surface area (Å²) in [6.45, 7) is 16.4. The number of nitrogens with two attached hydrogens (primary N) is 1. The Hall–Kier alpha value is -0.120. The van der Waals surface area contributed by atoms with E-state index in [4.69, 9.17) is 10.5 Å². The van der Waals surface area contributed by atoms with E-state index in [9.17, 15) is 0 Å². The van der Waals surface area contributed by atoms with Crippen LogP contribution in [0.3, 0.4) is 0 Å². The lowest BCUT2D eigenvalue weighted by atomic mass is 9.66. The fourth-order valence-electron chi connectivity index (χ4n) is 5.08. The molecule has 0 aromatic heterocycles. The molecule has 1 saturated heterocycles. The highest BCUT2D eigenvalue weighted by atomic mass is 16.5. The third kappa shape index (κ3) is 3.46. The average Bonchev–Trinajstić information content (AvgIpc) is 2.34. The van der Waals surface area contributed by atoms with Crippen molar-refractivity contribution in [3.05, 3.63) is 0 Å². The van der Waals surface area contributed by atoms with E-state index in [2.05, 4.69) is 46.4 Å². The van der Waals surface area contributed by atoms with Crippen molar-refractivity contribution in [2.24, 2.45) is 17.6 Å². The molecule has 1 aliphatic heterocycles. The molecule has 2 atom stereocenters. The van der Waals surface area contributed by atoms with Gasteiger partial charge in [0, 0.05) is 25.2 Å². The summed E-state index contributed by atoms with van der Waals surface area (Å²) in [5.41, 5.74) is 6.37. The topological polar surface area (TPSA) is 38.5 Å². The Morgan fingerprint density at radius 3 is 2.14 bits per heavy atom. The molecule has 2 aliphatic rings. The lowest BCUT2D eigenvalue weighted by molar-refractivity contribution is -0.210. The van der Waals surface area contributed by atoms with Crippen LogP contribution in [0.5, 0.6) is 0 Å². The molecule has 0 radical (unpaired) electrons. The Morgan fingerprint density at radius 1 is 1.10 bits per heavy atom. The number of ether oxygens (including phenoxy) is 1. The van der Waals surface area contributed by atoms with Gasteiger partial charge in [0.25, 0.3) is 0 Å². The highest BCUT2D eigenvalue weighted by molar-refractivity contribution is 5.05. The van der Waals surface area contributed by atoms with Crippen LogP contribution < -0.4 is 5.73 Å². The molecule has 1 heterocycles. The minimum atomic E-state index is -0.0943. The molecule has 1 saturated carbocycles. The lowest BCUT2D eigenvalue weighted by Crippen LogP contribution is -2.69. The average molecular weight is 296 g/mol. The summed E-state index contributed by atoms with van der Waals surface area (Å²) < 4.78 is 6.28. The van der Waals surface area contributed by atoms with Gasteiger partial charge in [0.1, 0.15) is 0 Å². The lowest BCUT2D eigenvalue weighted by Gasteiger charge is -2.59. The number of hydrogen-bond donors (Lipinski definition) is 1. The van der Waals surface area contributed by atoms with Crippen molar-refractivity contribution >= 4 is 0 Å².